The Kier molecular flexibility index (Phi) is 4.25. The van der Waals surface area contributed by atoms with Crippen LogP contribution in [-0.4, -0.2) is 37.9 Å². The van der Waals surface area contributed by atoms with E-state index in [-0.39, 0.29) is 29.9 Å². The Morgan fingerprint density at radius 3 is 2.37 bits per heavy atom. The molecule has 0 unspecified atom stereocenters. The van der Waals surface area contributed by atoms with E-state index in [1.54, 1.807) is 12.1 Å². The minimum atomic E-state index is -3.80. The summed E-state index contributed by atoms with van der Waals surface area (Å²) in [5.74, 6) is -0.395. The minimum absolute atomic E-state index is 0.0599. The minimum Gasteiger partial charge on any atom is -0.396 e. The molecule has 2 N–H and O–H groups in total. The summed E-state index contributed by atoms with van der Waals surface area (Å²) in [5, 5.41) is 18.2. The third kappa shape index (κ3) is 2.97. The van der Waals surface area contributed by atoms with Gasteiger partial charge in [0.15, 0.2) is 0 Å². The zero-order valence-electron chi connectivity index (χ0n) is 10.7. The van der Waals surface area contributed by atoms with Crippen molar-refractivity contribution in [2.75, 3.05) is 13.2 Å². The van der Waals surface area contributed by atoms with Crippen LogP contribution in [0, 0.1) is 18.8 Å². The van der Waals surface area contributed by atoms with Crippen LogP contribution >= 0.6 is 0 Å². The molecule has 0 bridgehead atoms. The molecule has 1 fully saturated rings. The molecule has 1 aliphatic rings. The molecule has 106 valence electrons. The van der Waals surface area contributed by atoms with Crippen molar-refractivity contribution in [2.24, 2.45) is 11.8 Å². The van der Waals surface area contributed by atoms with E-state index in [0.717, 1.165) is 5.56 Å². The van der Waals surface area contributed by atoms with Crippen LogP contribution in [0.5, 0.6) is 0 Å². The molecule has 0 spiro atoms. The summed E-state index contributed by atoms with van der Waals surface area (Å²) in [4.78, 5) is 0.113. The molecule has 1 aromatic rings. The van der Waals surface area contributed by atoms with Crippen molar-refractivity contribution >= 4 is 10.1 Å². The highest BCUT2D eigenvalue weighted by molar-refractivity contribution is 7.86. The van der Waals surface area contributed by atoms with E-state index in [2.05, 4.69) is 0 Å². The molecule has 1 aliphatic carbocycles. The Bertz CT molecular complexity index is 522. The van der Waals surface area contributed by atoms with Gasteiger partial charge in [0.25, 0.3) is 10.1 Å². The van der Waals surface area contributed by atoms with Crippen molar-refractivity contribution in [1.82, 2.24) is 0 Å². The Balaban J connectivity index is 2.08. The Labute approximate surface area is 113 Å². The lowest BCUT2D eigenvalue weighted by atomic mass is 9.72. The average Bonchev–Trinajstić information content (AvgIpc) is 2.35. The van der Waals surface area contributed by atoms with Crippen LogP contribution in [0.4, 0.5) is 0 Å². The summed E-state index contributed by atoms with van der Waals surface area (Å²) < 4.78 is 29.2. The lowest BCUT2D eigenvalue weighted by molar-refractivity contribution is -0.0605. The van der Waals surface area contributed by atoms with Crippen molar-refractivity contribution < 1.29 is 22.8 Å². The van der Waals surface area contributed by atoms with Gasteiger partial charge in [-0.1, -0.05) is 17.7 Å². The fraction of sp³-hybridized carbons (Fsp3) is 0.538. The van der Waals surface area contributed by atoms with Crippen molar-refractivity contribution in [1.29, 1.82) is 0 Å². The fourth-order valence-corrected chi connectivity index (χ4v) is 3.39. The van der Waals surface area contributed by atoms with E-state index >= 15 is 0 Å². The zero-order valence-corrected chi connectivity index (χ0v) is 11.5. The fourth-order valence-electron chi connectivity index (χ4n) is 2.27. The van der Waals surface area contributed by atoms with E-state index in [9.17, 15) is 13.5 Å². The molecule has 0 heterocycles. The Morgan fingerprint density at radius 1 is 1.21 bits per heavy atom. The van der Waals surface area contributed by atoms with Crippen LogP contribution < -0.4 is 0 Å². The third-order valence-electron chi connectivity index (χ3n) is 3.62. The second kappa shape index (κ2) is 5.58. The highest BCUT2D eigenvalue weighted by Crippen LogP contribution is 2.38. The lowest BCUT2D eigenvalue weighted by Gasteiger charge is -2.41. The van der Waals surface area contributed by atoms with Gasteiger partial charge in [-0.15, -0.1) is 0 Å². The van der Waals surface area contributed by atoms with E-state index in [1.165, 1.54) is 12.1 Å². The van der Waals surface area contributed by atoms with Crippen molar-refractivity contribution in [3.63, 3.8) is 0 Å². The molecule has 19 heavy (non-hydrogen) atoms. The van der Waals surface area contributed by atoms with E-state index in [0.29, 0.717) is 6.42 Å². The molecule has 3 atom stereocenters. The van der Waals surface area contributed by atoms with Gasteiger partial charge in [-0.2, -0.15) is 8.42 Å². The smallest absolute Gasteiger partial charge is 0.297 e. The van der Waals surface area contributed by atoms with Gasteiger partial charge in [0.2, 0.25) is 0 Å². The molecule has 0 amide bonds. The van der Waals surface area contributed by atoms with Crippen LogP contribution in [0.1, 0.15) is 12.0 Å². The SMILES string of the molecule is Cc1ccc(S(=O)(=O)O[C@H]2C[C@H](CO)[C@H]2CO)cc1. The normalized spacial score (nSPS) is 27.0. The second-order valence-corrected chi connectivity index (χ2v) is 6.50. The van der Waals surface area contributed by atoms with Crippen LogP contribution in [-0.2, 0) is 14.3 Å². The van der Waals surface area contributed by atoms with Gasteiger partial charge in [0.1, 0.15) is 0 Å². The first-order valence-corrected chi connectivity index (χ1v) is 7.60. The average molecular weight is 286 g/mol. The van der Waals surface area contributed by atoms with Crippen molar-refractivity contribution in [2.45, 2.75) is 24.3 Å². The number of hydrogen-bond donors (Lipinski definition) is 2. The summed E-state index contributed by atoms with van der Waals surface area (Å²) in [5.41, 5.74) is 0.969. The number of aryl methyl sites for hydroxylation is 1. The molecule has 0 aliphatic heterocycles. The molecular weight excluding hydrogens is 268 g/mol. The molecular formula is C13H18O5S. The van der Waals surface area contributed by atoms with E-state index < -0.39 is 16.2 Å². The molecule has 5 nitrogen and oxygen atoms in total. The van der Waals surface area contributed by atoms with Gasteiger partial charge in [-0.3, -0.25) is 4.18 Å². The predicted octanol–water partition coefficient (Wildman–Crippen LogP) is 0.690. The standard InChI is InChI=1S/C13H18O5S/c1-9-2-4-11(5-3-9)19(16,17)18-13-6-10(7-14)12(13)8-15/h2-5,10,12-15H,6-8H2,1H3/t10-,12-,13+/m1/s1. The molecule has 6 heteroatoms. The van der Waals surface area contributed by atoms with Crippen LogP contribution in [0.3, 0.4) is 0 Å². The summed E-state index contributed by atoms with van der Waals surface area (Å²) in [6.45, 7) is 1.63. The van der Waals surface area contributed by atoms with Gasteiger partial charge in [0.05, 0.1) is 11.0 Å². The van der Waals surface area contributed by atoms with E-state index in [4.69, 9.17) is 9.29 Å². The molecule has 0 saturated heterocycles. The third-order valence-corrected chi connectivity index (χ3v) is 4.97. The highest BCUT2D eigenvalue weighted by Gasteiger charge is 2.43. The molecule has 1 aromatic carbocycles. The van der Waals surface area contributed by atoms with Gasteiger partial charge in [-0.25, -0.2) is 0 Å². The van der Waals surface area contributed by atoms with Crippen LogP contribution in [0.15, 0.2) is 29.2 Å². The topological polar surface area (TPSA) is 83.8 Å². The summed E-state index contributed by atoms with van der Waals surface area (Å²) in [7, 11) is -3.80. The van der Waals surface area contributed by atoms with Crippen molar-refractivity contribution in [3.05, 3.63) is 29.8 Å². The number of hydrogen-bond acceptors (Lipinski definition) is 5. The maximum absolute atomic E-state index is 12.0. The molecule has 0 radical (unpaired) electrons. The predicted molar refractivity (Wildman–Crippen MR) is 69.0 cm³/mol. The molecule has 0 aromatic heterocycles. The van der Waals surface area contributed by atoms with Crippen LogP contribution in [0.2, 0.25) is 0 Å². The summed E-state index contributed by atoms with van der Waals surface area (Å²) in [6.07, 6.45) is -0.0965. The lowest BCUT2D eigenvalue weighted by Crippen LogP contribution is -2.47. The monoisotopic (exact) mass is 286 g/mol. The Hall–Kier alpha value is -0.950. The van der Waals surface area contributed by atoms with Crippen molar-refractivity contribution in [3.8, 4) is 0 Å². The van der Waals surface area contributed by atoms with Crippen LogP contribution in [0.25, 0.3) is 0 Å². The first-order chi connectivity index (χ1) is 8.97. The van der Waals surface area contributed by atoms with Gasteiger partial charge < -0.3 is 10.2 Å². The number of aliphatic hydroxyl groups is 2. The zero-order chi connectivity index (χ0) is 14.0. The first-order valence-electron chi connectivity index (χ1n) is 6.19. The Morgan fingerprint density at radius 2 is 1.84 bits per heavy atom. The summed E-state index contributed by atoms with van der Waals surface area (Å²) in [6, 6.07) is 6.41. The quantitative estimate of drug-likeness (QED) is 0.778. The number of benzene rings is 1. The maximum Gasteiger partial charge on any atom is 0.297 e. The maximum atomic E-state index is 12.0. The first kappa shape index (κ1) is 14.5. The van der Waals surface area contributed by atoms with Gasteiger partial charge in [-0.05, 0) is 31.4 Å². The van der Waals surface area contributed by atoms with Gasteiger partial charge >= 0.3 is 0 Å². The number of aliphatic hydroxyl groups excluding tert-OH is 2. The largest absolute Gasteiger partial charge is 0.396 e. The second-order valence-electron chi connectivity index (χ2n) is 4.93. The molecule has 1 saturated carbocycles. The highest BCUT2D eigenvalue weighted by atomic mass is 32.2. The summed E-state index contributed by atoms with van der Waals surface area (Å²) >= 11 is 0. The van der Waals surface area contributed by atoms with E-state index in [1.807, 2.05) is 6.92 Å². The van der Waals surface area contributed by atoms with Gasteiger partial charge in [0, 0.05) is 19.1 Å². The number of rotatable bonds is 5. The molecule has 2 rings (SSSR count).